The van der Waals surface area contributed by atoms with Crippen molar-refractivity contribution >= 4 is 22.9 Å². The van der Waals surface area contributed by atoms with E-state index in [0.717, 1.165) is 6.54 Å². The van der Waals surface area contributed by atoms with Crippen LogP contribution in [-0.4, -0.2) is 18.0 Å². The van der Waals surface area contributed by atoms with E-state index in [1.54, 1.807) is 0 Å². The molecule has 0 radical (unpaired) electrons. The highest BCUT2D eigenvalue weighted by Gasteiger charge is 2.12. The van der Waals surface area contributed by atoms with Crippen molar-refractivity contribution in [3.8, 4) is 0 Å². The Bertz CT molecular complexity index is 266. The van der Waals surface area contributed by atoms with E-state index in [2.05, 4.69) is 17.0 Å². The van der Waals surface area contributed by atoms with Crippen LogP contribution in [0.2, 0.25) is 0 Å². The van der Waals surface area contributed by atoms with Crippen LogP contribution in [0.3, 0.4) is 0 Å². The van der Waals surface area contributed by atoms with Crippen molar-refractivity contribution in [3.05, 3.63) is 21.9 Å². The van der Waals surface area contributed by atoms with Gasteiger partial charge in [0.15, 0.2) is 0 Å². The van der Waals surface area contributed by atoms with E-state index in [1.807, 2.05) is 11.3 Å². The molecule has 0 bridgehead atoms. The molecular formula is C10H14ClNS. The maximum atomic E-state index is 5.75. The first kappa shape index (κ1) is 9.50. The summed E-state index contributed by atoms with van der Waals surface area (Å²) in [4.78, 5) is 5.26. The lowest BCUT2D eigenvalue weighted by Crippen LogP contribution is -2.17. The molecule has 72 valence electrons. The molecule has 3 heteroatoms. The van der Waals surface area contributed by atoms with Crippen LogP contribution in [0, 0.1) is 0 Å². The molecule has 0 saturated carbocycles. The molecule has 1 aliphatic heterocycles. The summed E-state index contributed by atoms with van der Waals surface area (Å²) in [5.41, 5.74) is 0. The fraction of sp³-hybridized carbons (Fsp3) is 0.600. The van der Waals surface area contributed by atoms with E-state index >= 15 is 0 Å². The van der Waals surface area contributed by atoms with Gasteiger partial charge in [0.05, 0.1) is 5.88 Å². The molecule has 0 atom stereocenters. The minimum atomic E-state index is 0.657. The standard InChI is InChI=1S/C10H14ClNS/c11-7-9-3-4-10(13-9)8-12-5-1-2-6-12/h3-4H,1-2,5-8H2. The number of halogens is 1. The van der Waals surface area contributed by atoms with Crippen molar-refractivity contribution in [2.75, 3.05) is 13.1 Å². The quantitative estimate of drug-likeness (QED) is 0.701. The van der Waals surface area contributed by atoms with Gasteiger partial charge < -0.3 is 0 Å². The molecule has 0 aromatic carbocycles. The summed E-state index contributed by atoms with van der Waals surface area (Å²) in [5.74, 6) is 0.657. The molecular weight excluding hydrogens is 202 g/mol. The lowest BCUT2D eigenvalue weighted by atomic mass is 10.4. The predicted molar refractivity (Wildman–Crippen MR) is 58.4 cm³/mol. The normalized spacial score (nSPS) is 18.2. The molecule has 1 fully saturated rings. The van der Waals surface area contributed by atoms with Crippen molar-refractivity contribution < 1.29 is 0 Å². The summed E-state index contributed by atoms with van der Waals surface area (Å²) in [7, 11) is 0. The van der Waals surface area contributed by atoms with Crippen LogP contribution in [0.15, 0.2) is 12.1 Å². The number of likely N-dealkylation sites (tertiary alicyclic amines) is 1. The summed E-state index contributed by atoms with van der Waals surface area (Å²) >= 11 is 7.60. The first-order valence-corrected chi connectivity index (χ1v) is 6.09. The van der Waals surface area contributed by atoms with Gasteiger partial charge in [0.1, 0.15) is 0 Å². The fourth-order valence-corrected chi connectivity index (χ4v) is 2.90. The first-order valence-electron chi connectivity index (χ1n) is 4.74. The van der Waals surface area contributed by atoms with Crippen molar-refractivity contribution in [3.63, 3.8) is 0 Å². The number of thiophene rings is 1. The fourth-order valence-electron chi connectivity index (χ4n) is 1.74. The smallest absolute Gasteiger partial charge is 0.0568 e. The number of hydrogen-bond donors (Lipinski definition) is 0. The second-order valence-corrected chi connectivity index (χ2v) is 5.01. The Morgan fingerprint density at radius 1 is 1.23 bits per heavy atom. The number of rotatable bonds is 3. The van der Waals surface area contributed by atoms with Gasteiger partial charge in [0.2, 0.25) is 0 Å². The number of alkyl halides is 1. The highest BCUT2D eigenvalue weighted by Crippen LogP contribution is 2.21. The van der Waals surface area contributed by atoms with Crippen LogP contribution in [0.1, 0.15) is 22.6 Å². The first-order chi connectivity index (χ1) is 6.38. The average molecular weight is 216 g/mol. The Kier molecular flexibility index (Phi) is 3.25. The highest BCUT2D eigenvalue weighted by atomic mass is 35.5. The minimum Gasteiger partial charge on any atom is -0.298 e. The maximum Gasteiger partial charge on any atom is 0.0568 e. The Labute approximate surface area is 88.3 Å². The SMILES string of the molecule is ClCc1ccc(CN2CCCC2)s1. The van der Waals surface area contributed by atoms with Gasteiger partial charge in [-0.25, -0.2) is 0 Å². The van der Waals surface area contributed by atoms with E-state index in [0.29, 0.717) is 5.88 Å². The van der Waals surface area contributed by atoms with Crippen LogP contribution in [0.25, 0.3) is 0 Å². The lowest BCUT2D eigenvalue weighted by Gasteiger charge is -2.12. The second kappa shape index (κ2) is 4.45. The summed E-state index contributed by atoms with van der Waals surface area (Å²) in [5, 5.41) is 0. The largest absolute Gasteiger partial charge is 0.298 e. The van der Waals surface area contributed by atoms with E-state index in [-0.39, 0.29) is 0 Å². The van der Waals surface area contributed by atoms with Crippen molar-refractivity contribution in [1.29, 1.82) is 0 Å². The third-order valence-electron chi connectivity index (χ3n) is 2.43. The summed E-state index contributed by atoms with van der Waals surface area (Å²) < 4.78 is 0. The van der Waals surface area contributed by atoms with Crippen molar-refractivity contribution in [2.45, 2.75) is 25.3 Å². The minimum absolute atomic E-state index is 0.657. The predicted octanol–water partition coefficient (Wildman–Crippen LogP) is 3.08. The van der Waals surface area contributed by atoms with Crippen LogP contribution in [0.4, 0.5) is 0 Å². The Balaban J connectivity index is 1.92. The van der Waals surface area contributed by atoms with E-state index < -0.39 is 0 Å². The molecule has 1 aromatic heterocycles. The van der Waals surface area contributed by atoms with E-state index in [1.165, 1.54) is 35.7 Å². The zero-order valence-corrected chi connectivity index (χ0v) is 9.20. The van der Waals surface area contributed by atoms with E-state index in [9.17, 15) is 0 Å². The molecule has 0 N–H and O–H groups in total. The molecule has 0 aliphatic carbocycles. The molecule has 1 nitrogen and oxygen atoms in total. The Morgan fingerprint density at radius 3 is 2.54 bits per heavy atom. The molecule has 0 unspecified atom stereocenters. The van der Waals surface area contributed by atoms with Gasteiger partial charge in [-0.1, -0.05) is 0 Å². The zero-order valence-electron chi connectivity index (χ0n) is 7.63. The van der Waals surface area contributed by atoms with Crippen molar-refractivity contribution in [1.82, 2.24) is 4.90 Å². The topological polar surface area (TPSA) is 3.24 Å². The van der Waals surface area contributed by atoms with Gasteiger partial charge in [0.25, 0.3) is 0 Å². The van der Waals surface area contributed by atoms with Crippen LogP contribution in [0.5, 0.6) is 0 Å². The Morgan fingerprint density at radius 2 is 1.92 bits per heavy atom. The maximum absolute atomic E-state index is 5.75. The highest BCUT2D eigenvalue weighted by molar-refractivity contribution is 7.12. The molecule has 2 rings (SSSR count). The summed E-state index contributed by atoms with van der Waals surface area (Å²) in [6.07, 6.45) is 2.74. The van der Waals surface area contributed by atoms with E-state index in [4.69, 9.17) is 11.6 Å². The number of hydrogen-bond acceptors (Lipinski definition) is 2. The number of nitrogens with zero attached hydrogens (tertiary/aromatic N) is 1. The second-order valence-electron chi connectivity index (χ2n) is 3.48. The van der Waals surface area contributed by atoms with Gasteiger partial charge in [0, 0.05) is 16.3 Å². The zero-order chi connectivity index (χ0) is 9.10. The molecule has 1 saturated heterocycles. The monoisotopic (exact) mass is 215 g/mol. The third-order valence-corrected chi connectivity index (χ3v) is 3.94. The van der Waals surface area contributed by atoms with Crippen LogP contribution < -0.4 is 0 Å². The van der Waals surface area contributed by atoms with Gasteiger partial charge in [-0.2, -0.15) is 0 Å². The average Bonchev–Trinajstić information content (AvgIpc) is 2.76. The van der Waals surface area contributed by atoms with Crippen molar-refractivity contribution in [2.24, 2.45) is 0 Å². The molecule has 0 amide bonds. The summed E-state index contributed by atoms with van der Waals surface area (Å²) in [6.45, 7) is 3.67. The van der Waals surface area contributed by atoms with Crippen LogP contribution >= 0.6 is 22.9 Å². The third kappa shape index (κ3) is 2.46. The van der Waals surface area contributed by atoms with Gasteiger partial charge >= 0.3 is 0 Å². The lowest BCUT2D eigenvalue weighted by molar-refractivity contribution is 0.334. The van der Waals surface area contributed by atoms with Crippen LogP contribution in [-0.2, 0) is 12.4 Å². The molecule has 1 aliphatic rings. The Hall–Kier alpha value is -0.0500. The van der Waals surface area contributed by atoms with Gasteiger partial charge in [-0.15, -0.1) is 22.9 Å². The summed E-state index contributed by atoms with van der Waals surface area (Å²) in [6, 6.07) is 4.35. The molecule has 13 heavy (non-hydrogen) atoms. The molecule has 2 heterocycles. The van der Waals surface area contributed by atoms with Gasteiger partial charge in [-0.05, 0) is 38.1 Å². The molecule has 0 spiro atoms. The molecule has 1 aromatic rings. The van der Waals surface area contributed by atoms with Gasteiger partial charge in [-0.3, -0.25) is 4.90 Å².